The fourth-order valence-corrected chi connectivity index (χ4v) is 4.50. The monoisotopic (exact) mass is 547 g/mol. The molecule has 0 aliphatic carbocycles. The van der Waals surface area contributed by atoms with E-state index >= 15 is 0 Å². The number of phenolic OH excluding ortho intramolecular Hbond substituents is 1. The van der Waals surface area contributed by atoms with Crippen molar-refractivity contribution in [2.24, 2.45) is 0 Å². The molecule has 1 aromatic heterocycles. The Morgan fingerprint density at radius 1 is 1.18 bits per heavy atom. The van der Waals surface area contributed by atoms with Gasteiger partial charge in [0.15, 0.2) is 17.2 Å². The predicted molar refractivity (Wildman–Crippen MR) is 132 cm³/mol. The fraction of sp³-hybridized carbons (Fsp3) is 0.385. The van der Waals surface area contributed by atoms with Gasteiger partial charge >= 0.3 is 12.1 Å². The molecule has 0 bridgehead atoms. The molecule has 2 N–H and O–H groups in total. The van der Waals surface area contributed by atoms with Crippen molar-refractivity contribution in [2.75, 3.05) is 20.3 Å². The predicted octanol–water partition coefficient (Wildman–Crippen LogP) is 3.32. The Labute approximate surface area is 222 Å². The minimum absolute atomic E-state index is 0.00626. The normalized spacial score (nSPS) is 17.7. The molecule has 0 unspecified atom stereocenters. The lowest BCUT2D eigenvalue weighted by atomic mass is 10.1. The van der Waals surface area contributed by atoms with Gasteiger partial charge in [0.25, 0.3) is 0 Å². The van der Waals surface area contributed by atoms with Gasteiger partial charge in [-0.25, -0.2) is 9.48 Å². The van der Waals surface area contributed by atoms with E-state index in [0.717, 1.165) is 17.7 Å². The second-order valence-corrected chi connectivity index (χ2v) is 9.06. The number of halogens is 3. The van der Waals surface area contributed by atoms with E-state index in [9.17, 15) is 27.9 Å². The van der Waals surface area contributed by atoms with Gasteiger partial charge in [-0.3, -0.25) is 9.69 Å². The first-order valence-corrected chi connectivity index (χ1v) is 12.2. The van der Waals surface area contributed by atoms with Crippen LogP contribution in [0.5, 0.6) is 11.5 Å². The number of carbonyl (C=O) groups excluding carboxylic acids is 2. The molecule has 39 heavy (non-hydrogen) atoms. The van der Waals surface area contributed by atoms with Crippen LogP contribution in [0.4, 0.5) is 13.2 Å². The molecule has 1 aliphatic heterocycles. The first-order valence-electron chi connectivity index (χ1n) is 12.2. The average Bonchev–Trinajstić information content (AvgIpc) is 3.56. The van der Waals surface area contributed by atoms with Crippen molar-refractivity contribution in [3.63, 3.8) is 0 Å². The Hall–Kier alpha value is -4.13. The van der Waals surface area contributed by atoms with Crippen LogP contribution in [0.3, 0.4) is 0 Å². The van der Waals surface area contributed by atoms with E-state index in [1.807, 2.05) is 4.90 Å². The van der Waals surface area contributed by atoms with Crippen LogP contribution in [0.1, 0.15) is 46.6 Å². The SMILES string of the molecule is CCOc1cc(CN2C[C@@H](n3cc(C(=O)OC)nn3)C[C@H]2C(=O)NCc2cccc(C(F)(F)F)c2)ccc1O. The molecule has 13 heteroatoms. The maximum absolute atomic E-state index is 13.3. The number of nitrogens with zero attached hydrogens (tertiary/aromatic N) is 4. The zero-order valence-corrected chi connectivity index (χ0v) is 21.3. The lowest BCUT2D eigenvalue weighted by molar-refractivity contribution is -0.137. The molecule has 2 aromatic carbocycles. The van der Waals surface area contributed by atoms with Gasteiger partial charge in [0.1, 0.15) is 0 Å². The van der Waals surface area contributed by atoms with Crippen molar-refractivity contribution >= 4 is 11.9 Å². The quantitative estimate of drug-likeness (QED) is 0.392. The number of methoxy groups -OCH3 is 1. The van der Waals surface area contributed by atoms with Gasteiger partial charge in [-0.1, -0.05) is 23.4 Å². The third-order valence-corrected chi connectivity index (χ3v) is 6.39. The minimum atomic E-state index is -4.49. The molecular weight excluding hydrogens is 519 g/mol. The van der Waals surface area contributed by atoms with Gasteiger partial charge in [0.2, 0.25) is 5.91 Å². The van der Waals surface area contributed by atoms with Crippen LogP contribution in [0.15, 0.2) is 48.7 Å². The molecule has 2 heterocycles. The van der Waals surface area contributed by atoms with Crippen LogP contribution in [0.25, 0.3) is 0 Å². The standard InChI is InChI=1S/C26H28F3N5O5/c1-3-39-23-10-17(7-8-22(23)35)13-33-14-19(34-15-20(31-32-34)25(37)38-2)11-21(33)24(36)30-12-16-5-4-6-18(9-16)26(27,28)29/h4-10,15,19,21,35H,3,11-14H2,1-2H3,(H,30,36)/t19-,21-/m0/s1. The van der Waals surface area contributed by atoms with Crippen LogP contribution in [-0.2, 0) is 28.8 Å². The van der Waals surface area contributed by atoms with Crippen molar-refractivity contribution in [1.29, 1.82) is 0 Å². The number of hydrogen-bond acceptors (Lipinski definition) is 8. The van der Waals surface area contributed by atoms with E-state index in [-0.39, 0.29) is 29.9 Å². The van der Waals surface area contributed by atoms with Gasteiger partial charge in [-0.15, -0.1) is 5.10 Å². The number of hydrogen-bond donors (Lipinski definition) is 2. The summed E-state index contributed by atoms with van der Waals surface area (Å²) in [6.07, 6.45) is -2.72. The molecule has 0 spiro atoms. The number of ether oxygens (including phenoxy) is 2. The molecule has 10 nitrogen and oxygen atoms in total. The summed E-state index contributed by atoms with van der Waals surface area (Å²) in [5, 5.41) is 20.7. The van der Waals surface area contributed by atoms with Crippen LogP contribution >= 0.6 is 0 Å². The Morgan fingerprint density at radius 3 is 2.69 bits per heavy atom. The van der Waals surface area contributed by atoms with Crippen molar-refractivity contribution in [2.45, 2.75) is 44.7 Å². The highest BCUT2D eigenvalue weighted by Gasteiger charge is 2.38. The van der Waals surface area contributed by atoms with Gasteiger partial charge in [-0.05, 0) is 48.7 Å². The fourth-order valence-electron chi connectivity index (χ4n) is 4.50. The van der Waals surface area contributed by atoms with Crippen molar-refractivity contribution < 1.29 is 37.3 Å². The minimum Gasteiger partial charge on any atom is -0.504 e. The number of carbonyl (C=O) groups is 2. The largest absolute Gasteiger partial charge is 0.504 e. The van der Waals surface area contributed by atoms with E-state index in [2.05, 4.69) is 20.4 Å². The highest BCUT2D eigenvalue weighted by Crippen LogP contribution is 2.32. The third kappa shape index (κ3) is 6.66. The summed E-state index contributed by atoms with van der Waals surface area (Å²) in [4.78, 5) is 27.0. The van der Waals surface area contributed by atoms with E-state index in [1.165, 1.54) is 36.2 Å². The molecule has 3 aromatic rings. The zero-order valence-electron chi connectivity index (χ0n) is 21.3. The lowest BCUT2D eigenvalue weighted by Crippen LogP contribution is -2.42. The number of phenols is 1. The van der Waals surface area contributed by atoms with E-state index < -0.39 is 23.8 Å². The number of alkyl halides is 3. The van der Waals surface area contributed by atoms with Crippen LogP contribution in [-0.4, -0.2) is 63.2 Å². The Balaban J connectivity index is 1.53. The van der Waals surface area contributed by atoms with Crippen molar-refractivity contribution in [3.8, 4) is 11.5 Å². The molecule has 0 radical (unpaired) electrons. The number of rotatable bonds is 9. The van der Waals surface area contributed by atoms with E-state index in [4.69, 9.17) is 4.74 Å². The summed E-state index contributed by atoms with van der Waals surface area (Å²) in [5.74, 6) is -0.699. The highest BCUT2D eigenvalue weighted by atomic mass is 19.4. The summed E-state index contributed by atoms with van der Waals surface area (Å²) in [6.45, 7) is 2.76. The molecule has 4 rings (SSSR count). The summed E-state index contributed by atoms with van der Waals surface area (Å²) in [7, 11) is 1.23. The second-order valence-electron chi connectivity index (χ2n) is 9.06. The molecule has 1 aliphatic rings. The van der Waals surface area contributed by atoms with Gasteiger partial charge in [0.05, 0.1) is 37.6 Å². The Morgan fingerprint density at radius 2 is 1.97 bits per heavy atom. The first kappa shape index (κ1) is 27.9. The number of likely N-dealkylation sites (tertiary alicyclic amines) is 1. The number of aromatic hydroxyl groups is 1. The van der Waals surface area contributed by atoms with Crippen LogP contribution in [0.2, 0.25) is 0 Å². The maximum atomic E-state index is 13.3. The van der Waals surface area contributed by atoms with Crippen LogP contribution in [0, 0.1) is 0 Å². The van der Waals surface area contributed by atoms with Gasteiger partial charge in [0, 0.05) is 19.6 Å². The lowest BCUT2D eigenvalue weighted by Gasteiger charge is -2.24. The first-order chi connectivity index (χ1) is 18.6. The summed E-state index contributed by atoms with van der Waals surface area (Å²) in [5.41, 5.74) is 0.336. The van der Waals surface area contributed by atoms with Gasteiger partial charge in [-0.2, -0.15) is 13.2 Å². The maximum Gasteiger partial charge on any atom is 0.416 e. The zero-order chi connectivity index (χ0) is 28.2. The topological polar surface area (TPSA) is 119 Å². The number of amides is 1. The second kappa shape index (κ2) is 11.7. The third-order valence-electron chi connectivity index (χ3n) is 6.39. The number of esters is 1. The van der Waals surface area contributed by atoms with Gasteiger partial charge < -0.3 is 19.9 Å². The van der Waals surface area contributed by atoms with Crippen molar-refractivity contribution in [1.82, 2.24) is 25.2 Å². The van der Waals surface area contributed by atoms with Crippen LogP contribution < -0.4 is 10.1 Å². The highest BCUT2D eigenvalue weighted by molar-refractivity contribution is 5.86. The van der Waals surface area contributed by atoms with E-state index in [0.29, 0.717) is 37.4 Å². The number of benzene rings is 2. The molecule has 2 atom stereocenters. The number of nitrogens with one attached hydrogen (secondary N) is 1. The summed E-state index contributed by atoms with van der Waals surface area (Å²) in [6, 6.07) is 8.74. The molecular formula is C26H28F3N5O5. The molecule has 208 valence electrons. The molecule has 0 saturated carbocycles. The summed E-state index contributed by atoms with van der Waals surface area (Å²) < 4.78 is 50.9. The molecule has 1 fully saturated rings. The Bertz CT molecular complexity index is 1330. The molecule has 1 amide bonds. The summed E-state index contributed by atoms with van der Waals surface area (Å²) >= 11 is 0. The van der Waals surface area contributed by atoms with E-state index in [1.54, 1.807) is 19.1 Å². The number of aromatic nitrogens is 3. The smallest absolute Gasteiger partial charge is 0.416 e. The average molecular weight is 548 g/mol. The Kier molecular flexibility index (Phi) is 8.38. The molecule has 1 saturated heterocycles. The van der Waals surface area contributed by atoms with Crippen molar-refractivity contribution in [3.05, 3.63) is 71.0 Å².